The van der Waals surface area contributed by atoms with Crippen LogP contribution in [0.1, 0.15) is 50.1 Å². The van der Waals surface area contributed by atoms with E-state index in [0.29, 0.717) is 6.04 Å². The fraction of sp³-hybridized carbons (Fsp3) is 0.600. The van der Waals surface area contributed by atoms with Crippen molar-refractivity contribution >= 4 is 6.03 Å². The average molecular weight is 259 g/mol. The van der Waals surface area contributed by atoms with Crippen molar-refractivity contribution in [3.8, 4) is 0 Å². The number of rotatable bonds is 2. The zero-order valence-electron chi connectivity index (χ0n) is 11.2. The summed E-state index contributed by atoms with van der Waals surface area (Å²) in [4.78, 5) is 18.5. The molecule has 0 aromatic carbocycles. The number of hydrogen-bond donors (Lipinski definition) is 1. The Kier molecular flexibility index (Phi) is 3.67. The minimum Gasteiger partial charge on any atom is -0.335 e. The molecule has 1 saturated heterocycles. The van der Waals surface area contributed by atoms with Crippen LogP contribution in [0.2, 0.25) is 0 Å². The molecule has 1 saturated carbocycles. The summed E-state index contributed by atoms with van der Waals surface area (Å²) in [5, 5.41) is 3.12. The van der Waals surface area contributed by atoms with Crippen molar-refractivity contribution in [2.45, 2.75) is 50.6 Å². The third-order valence-corrected chi connectivity index (χ3v) is 4.01. The Morgan fingerprint density at radius 2 is 1.95 bits per heavy atom. The number of carbonyl (C=O) groups excluding carboxylic acids is 1. The summed E-state index contributed by atoms with van der Waals surface area (Å²) in [6, 6.07) is 4.82. The van der Waals surface area contributed by atoms with Crippen LogP contribution < -0.4 is 5.32 Å². The third-order valence-electron chi connectivity index (χ3n) is 4.01. The van der Waals surface area contributed by atoms with Gasteiger partial charge in [0.15, 0.2) is 0 Å². The van der Waals surface area contributed by atoms with E-state index in [0.717, 1.165) is 32.2 Å². The fourth-order valence-electron chi connectivity index (χ4n) is 2.77. The molecule has 1 aromatic heterocycles. The van der Waals surface area contributed by atoms with Crippen LogP contribution in [0.5, 0.6) is 0 Å². The Morgan fingerprint density at radius 3 is 2.68 bits per heavy atom. The molecular weight excluding hydrogens is 238 g/mol. The van der Waals surface area contributed by atoms with E-state index >= 15 is 0 Å². The zero-order chi connectivity index (χ0) is 13.1. The van der Waals surface area contributed by atoms with Crippen molar-refractivity contribution in [1.82, 2.24) is 15.2 Å². The highest BCUT2D eigenvalue weighted by molar-refractivity contribution is 5.75. The molecule has 4 heteroatoms. The topological polar surface area (TPSA) is 45.2 Å². The van der Waals surface area contributed by atoms with Gasteiger partial charge in [0.25, 0.3) is 0 Å². The quantitative estimate of drug-likeness (QED) is 0.887. The Hall–Kier alpha value is -1.58. The maximum atomic E-state index is 12.4. The lowest BCUT2D eigenvalue weighted by Crippen LogP contribution is -2.43. The fourth-order valence-corrected chi connectivity index (χ4v) is 2.77. The minimum atomic E-state index is 0.117. The van der Waals surface area contributed by atoms with E-state index in [-0.39, 0.29) is 12.1 Å². The highest BCUT2D eigenvalue weighted by Gasteiger charge is 2.30. The van der Waals surface area contributed by atoms with Crippen molar-refractivity contribution in [2.75, 3.05) is 6.54 Å². The van der Waals surface area contributed by atoms with Crippen LogP contribution in [0.4, 0.5) is 4.79 Å². The molecule has 19 heavy (non-hydrogen) atoms. The molecule has 0 bridgehead atoms. The summed E-state index contributed by atoms with van der Waals surface area (Å²) in [7, 11) is 0. The van der Waals surface area contributed by atoms with Crippen molar-refractivity contribution in [2.24, 2.45) is 0 Å². The average Bonchev–Trinajstić information content (AvgIpc) is 3.25. The molecule has 0 unspecified atom stereocenters. The Morgan fingerprint density at radius 1 is 1.16 bits per heavy atom. The third kappa shape index (κ3) is 3.06. The normalized spacial score (nSPS) is 23.8. The molecule has 0 radical (unpaired) electrons. The van der Waals surface area contributed by atoms with Crippen molar-refractivity contribution < 1.29 is 4.79 Å². The van der Waals surface area contributed by atoms with E-state index in [9.17, 15) is 4.79 Å². The van der Waals surface area contributed by atoms with E-state index in [2.05, 4.69) is 10.3 Å². The van der Waals surface area contributed by atoms with Gasteiger partial charge in [-0.05, 0) is 43.4 Å². The first-order chi connectivity index (χ1) is 9.34. The maximum absolute atomic E-state index is 12.4. The Balaban J connectivity index is 1.77. The lowest BCUT2D eigenvalue weighted by molar-refractivity contribution is 0.175. The number of carbonyl (C=O) groups is 1. The largest absolute Gasteiger partial charge is 0.335 e. The van der Waals surface area contributed by atoms with Gasteiger partial charge in [0.1, 0.15) is 0 Å². The Bertz CT molecular complexity index is 430. The summed E-state index contributed by atoms with van der Waals surface area (Å²) in [6.45, 7) is 0.867. The summed E-state index contributed by atoms with van der Waals surface area (Å²) >= 11 is 0. The van der Waals surface area contributed by atoms with E-state index in [4.69, 9.17) is 0 Å². The number of aromatic nitrogens is 1. The number of pyridine rings is 1. The van der Waals surface area contributed by atoms with Gasteiger partial charge in [-0.1, -0.05) is 12.8 Å². The number of nitrogens with one attached hydrogen (secondary N) is 1. The van der Waals surface area contributed by atoms with Crippen LogP contribution in [-0.2, 0) is 0 Å². The van der Waals surface area contributed by atoms with Crippen LogP contribution in [0.3, 0.4) is 0 Å². The molecule has 102 valence electrons. The van der Waals surface area contributed by atoms with Gasteiger partial charge in [0.05, 0.1) is 6.04 Å². The molecule has 2 heterocycles. The monoisotopic (exact) mass is 259 g/mol. The summed E-state index contributed by atoms with van der Waals surface area (Å²) in [5.41, 5.74) is 1.21. The molecule has 2 fully saturated rings. The van der Waals surface area contributed by atoms with Gasteiger partial charge in [-0.2, -0.15) is 0 Å². The summed E-state index contributed by atoms with van der Waals surface area (Å²) in [6.07, 6.45) is 10.5. The number of nitrogens with zero attached hydrogens (tertiary/aromatic N) is 2. The first-order valence-corrected chi connectivity index (χ1v) is 7.31. The van der Waals surface area contributed by atoms with Crippen LogP contribution >= 0.6 is 0 Å². The molecule has 3 rings (SSSR count). The van der Waals surface area contributed by atoms with Gasteiger partial charge in [-0.25, -0.2) is 4.79 Å². The maximum Gasteiger partial charge on any atom is 0.318 e. The predicted molar refractivity (Wildman–Crippen MR) is 73.7 cm³/mol. The summed E-state index contributed by atoms with van der Waals surface area (Å²) in [5.74, 6) is 0. The summed E-state index contributed by atoms with van der Waals surface area (Å²) < 4.78 is 0. The molecule has 0 spiro atoms. The second kappa shape index (κ2) is 5.59. The van der Waals surface area contributed by atoms with Crippen molar-refractivity contribution in [3.63, 3.8) is 0 Å². The van der Waals surface area contributed by atoms with E-state index < -0.39 is 0 Å². The lowest BCUT2D eigenvalue weighted by Gasteiger charge is -2.30. The van der Waals surface area contributed by atoms with Gasteiger partial charge >= 0.3 is 6.03 Å². The number of urea groups is 1. The van der Waals surface area contributed by atoms with Crippen LogP contribution in [-0.4, -0.2) is 28.5 Å². The SMILES string of the molecule is O=C(NC1CC1)N1CCCCC[C@@H]1c1ccncc1. The molecule has 4 nitrogen and oxygen atoms in total. The molecular formula is C15H21N3O. The van der Waals surface area contributed by atoms with Crippen molar-refractivity contribution in [3.05, 3.63) is 30.1 Å². The molecule has 1 aliphatic heterocycles. The number of amides is 2. The second-order valence-corrected chi connectivity index (χ2v) is 5.56. The van der Waals surface area contributed by atoms with E-state index in [1.165, 1.54) is 18.4 Å². The van der Waals surface area contributed by atoms with Crippen molar-refractivity contribution in [1.29, 1.82) is 0 Å². The minimum absolute atomic E-state index is 0.117. The lowest BCUT2D eigenvalue weighted by atomic mass is 10.0. The smallest absolute Gasteiger partial charge is 0.318 e. The molecule has 1 aliphatic carbocycles. The molecule has 1 atom stereocenters. The van der Waals surface area contributed by atoms with Crippen LogP contribution in [0.25, 0.3) is 0 Å². The number of likely N-dealkylation sites (tertiary alicyclic amines) is 1. The molecule has 2 amide bonds. The first-order valence-electron chi connectivity index (χ1n) is 7.31. The first kappa shape index (κ1) is 12.5. The highest BCUT2D eigenvalue weighted by Crippen LogP contribution is 2.30. The zero-order valence-corrected chi connectivity index (χ0v) is 11.2. The second-order valence-electron chi connectivity index (χ2n) is 5.56. The van der Waals surface area contributed by atoms with Crippen LogP contribution in [0.15, 0.2) is 24.5 Å². The highest BCUT2D eigenvalue weighted by atomic mass is 16.2. The van der Waals surface area contributed by atoms with Gasteiger partial charge in [0.2, 0.25) is 0 Å². The van der Waals surface area contributed by atoms with Gasteiger partial charge in [-0.15, -0.1) is 0 Å². The van der Waals surface area contributed by atoms with Gasteiger partial charge < -0.3 is 10.2 Å². The van der Waals surface area contributed by atoms with E-state index in [1.807, 2.05) is 29.4 Å². The molecule has 1 aromatic rings. The molecule has 2 aliphatic rings. The molecule has 1 N–H and O–H groups in total. The number of hydrogen-bond acceptors (Lipinski definition) is 2. The van der Waals surface area contributed by atoms with Crippen LogP contribution in [0, 0.1) is 0 Å². The Labute approximate surface area is 114 Å². The predicted octanol–water partition coefficient (Wildman–Crippen LogP) is 2.87. The van der Waals surface area contributed by atoms with E-state index in [1.54, 1.807) is 0 Å². The standard InChI is InChI=1S/C15H21N3O/c19-15(17-13-5-6-13)18-11-3-1-2-4-14(18)12-7-9-16-10-8-12/h7-10,13-14H,1-6,11H2,(H,17,19)/t14-/m1/s1. The van der Waals surface area contributed by atoms with Gasteiger partial charge in [-0.3, -0.25) is 4.98 Å². The van der Waals surface area contributed by atoms with Gasteiger partial charge in [0, 0.05) is 25.0 Å².